The normalized spacial score (nSPS) is 25.7. The summed E-state index contributed by atoms with van der Waals surface area (Å²) in [6, 6.07) is 5.00. The standard InChI is InChI=1S/C13H18ClN3O2/c1-2-19-11-6-9(15)12(11)17-10-4-3-7(13(16)18)5-8(10)14/h3-5,9,11-12,17H,2,6,15H2,1H3,(H2,16,18). The van der Waals surface area contributed by atoms with Crippen molar-refractivity contribution in [1.29, 1.82) is 0 Å². The predicted octanol–water partition coefficient (Wildman–Crippen LogP) is 1.36. The molecule has 0 aromatic heterocycles. The maximum Gasteiger partial charge on any atom is 0.248 e. The van der Waals surface area contributed by atoms with Gasteiger partial charge in [0, 0.05) is 18.2 Å². The highest BCUT2D eigenvalue weighted by Crippen LogP contribution is 2.30. The molecule has 1 amide bonds. The van der Waals surface area contributed by atoms with E-state index in [1.54, 1.807) is 18.2 Å². The van der Waals surface area contributed by atoms with Gasteiger partial charge in [0.15, 0.2) is 0 Å². The summed E-state index contributed by atoms with van der Waals surface area (Å²) in [5.41, 5.74) is 12.3. The minimum absolute atomic E-state index is 0.0388. The Balaban J connectivity index is 2.08. The summed E-state index contributed by atoms with van der Waals surface area (Å²) < 4.78 is 5.58. The SMILES string of the molecule is CCOC1CC(N)C1Nc1ccc(C(N)=O)cc1Cl. The van der Waals surface area contributed by atoms with E-state index in [0.29, 0.717) is 17.2 Å². The third-order valence-corrected chi connectivity index (χ3v) is 3.64. The van der Waals surface area contributed by atoms with E-state index in [1.807, 2.05) is 6.92 Å². The minimum atomic E-state index is -0.499. The number of ether oxygens (including phenoxy) is 1. The molecule has 2 rings (SSSR count). The molecule has 3 atom stereocenters. The van der Waals surface area contributed by atoms with E-state index in [4.69, 9.17) is 27.8 Å². The van der Waals surface area contributed by atoms with Crippen LogP contribution in [0.1, 0.15) is 23.7 Å². The second kappa shape index (κ2) is 5.77. The van der Waals surface area contributed by atoms with Crippen molar-refractivity contribution in [3.63, 3.8) is 0 Å². The van der Waals surface area contributed by atoms with Gasteiger partial charge in [0.2, 0.25) is 5.91 Å². The fourth-order valence-corrected chi connectivity index (χ4v) is 2.43. The van der Waals surface area contributed by atoms with Crippen LogP contribution in [0.15, 0.2) is 18.2 Å². The Bertz CT molecular complexity index is 479. The Kier molecular flexibility index (Phi) is 4.29. The number of hydrogen-bond acceptors (Lipinski definition) is 4. The zero-order valence-electron chi connectivity index (χ0n) is 10.7. The topological polar surface area (TPSA) is 90.4 Å². The van der Waals surface area contributed by atoms with Crippen molar-refractivity contribution < 1.29 is 9.53 Å². The van der Waals surface area contributed by atoms with Gasteiger partial charge in [-0.3, -0.25) is 4.79 Å². The van der Waals surface area contributed by atoms with Crippen LogP contribution in [0.2, 0.25) is 5.02 Å². The Labute approximate surface area is 117 Å². The molecular weight excluding hydrogens is 266 g/mol. The molecule has 6 heteroatoms. The van der Waals surface area contributed by atoms with Gasteiger partial charge in [-0.15, -0.1) is 0 Å². The van der Waals surface area contributed by atoms with Crippen molar-refractivity contribution in [3.8, 4) is 0 Å². The lowest BCUT2D eigenvalue weighted by molar-refractivity contribution is -0.0126. The quantitative estimate of drug-likeness (QED) is 0.761. The van der Waals surface area contributed by atoms with E-state index in [9.17, 15) is 4.79 Å². The van der Waals surface area contributed by atoms with Crippen LogP contribution in [-0.4, -0.2) is 30.7 Å². The van der Waals surface area contributed by atoms with Gasteiger partial charge in [0.25, 0.3) is 0 Å². The van der Waals surface area contributed by atoms with E-state index in [0.717, 1.165) is 12.1 Å². The van der Waals surface area contributed by atoms with Crippen LogP contribution in [0.3, 0.4) is 0 Å². The van der Waals surface area contributed by atoms with Crippen LogP contribution in [0, 0.1) is 0 Å². The summed E-state index contributed by atoms with van der Waals surface area (Å²) in [5.74, 6) is -0.499. The number of nitrogens with one attached hydrogen (secondary N) is 1. The number of carbonyl (C=O) groups is 1. The first kappa shape index (κ1) is 14.1. The maximum atomic E-state index is 11.0. The van der Waals surface area contributed by atoms with Crippen molar-refractivity contribution in [2.24, 2.45) is 11.5 Å². The van der Waals surface area contributed by atoms with Gasteiger partial charge >= 0.3 is 0 Å². The van der Waals surface area contributed by atoms with Crippen molar-refractivity contribution in [2.75, 3.05) is 11.9 Å². The Hall–Kier alpha value is -1.30. The van der Waals surface area contributed by atoms with Crippen LogP contribution >= 0.6 is 11.6 Å². The molecule has 5 nitrogen and oxygen atoms in total. The first-order valence-electron chi connectivity index (χ1n) is 6.26. The highest BCUT2D eigenvalue weighted by atomic mass is 35.5. The predicted molar refractivity (Wildman–Crippen MR) is 75.4 cm³/mol. The maximum absolute atomic E-state index is 11.0. The number of benzene rings is 1. The van der Waals surface area contributed by atoms with Gasteiger partial charge < -0.3 is 21.5 Å². The average molecular weight is 284 g/mol. The summed E-state index contributed by atoms with van der Waals surface area (Å²) in [6.07, 6.45) is 0.939. The van der Waals surface area contributed by atoms with Crippen LogP contribution in [0.25, 0.3) is 0 Å². The minimum Gasteiger partial charge on any atom is -0.377 e. The third-order valence-electron chi connectivity index (χ3n) is 3.32. The summed E-state index contributed by atoms with van der Waals surface area (Å²) >= 11 is 6.12. The zero-order valence-corrected chi connectivity index (χ0v) is 11.5. The highest BCUT2D eigenvalue weighted by Gasteiger charge is 2.39. The van der Waals surface area contributed by atoms with E-state index in [-0.39, 0.29) is 18.2 Å². The highest BCUT2D eigenvalue weighted by molar-refractivity contribution is 6.33. The number of halogens is 1. The molecule has 3 unspecified atom stereocenters. The fraction of sp³-hybridized carbons (Fsp3) is 0.462. The van der Waals surface area contributed by atoms with Crippen LogP contribution < -0.4 is 16.8 Å². The van der Waals surface area contributed by atoms with Crippen molar-refractivity contribution in [2.45, 2.75) is 31.5 Å². The summed E-state index contributed by atoms with van der Waals surface area (Å²) in [5, 5.41) is 3.71. The number of amides is 1. The van der Waals surface area contributed by atoms with Crippen LogP contribution in [-0.2, 0) is 4.74 Å². The Morgan fingerprint density at radius 2 is 2.32 bits per heavy atom. The molecule has 1 aromatic rings. The number of anilines is 1. The van der Waals surface area contributed by atoms with Gasteiger partial charge in [-0.05, 0) is 31.5 Å². The molecule has 1 aliphatic rings. The number of rotatable bonds is 5. The van der Waals surface area contributed by atoms with Gasteiger partial charge in [-0.1, -0.05) is 11.6 Å². The van der Waals surface area contributed by atoms with Crippen LogP contribution in [0.4, 0.5) is 5.69 Å². The Morgan fingerprint density at radius 3 is 2.84 bits per heavy atom. The molecule has 0 heterocycles. The average Bonchev–Trinajstić information content (AvgIpc) is 2.36. The lowest BCUT2D eigenvalue weighted by Gasteiger charge is -2.43. The molecule has 1 aromatic carbocycles. The molecule has 1 fully saturated rings. The molecule has 0 saturated heterocycles. The van der Waals surface area contributed by atoms with Crippen molar-refractivity contribution >= 4 is 23.2 Å². The zero-order chi connectivity index (χ0) is 14.0. The molecule has 0 bridgehead atoms. The third kappa shape index (κ3) is 3.00. The number of hydrogen-bond donors (Lipinski definition) is 3. The van der Waals surface area contributed by atoms with Gasteiger partial charge in [0.1, 0.15) is 0 Å². The van der Waals surface area contributed by atoms with E-state index in [2.05, 4.69) is 5.32 Å². The molecule has 5 N–H and O–H groups in total. The van der Waals surface area contributed by atoms with E-state index in [1.165, 1.54) is 0 Å². The van der Waals surface area contributed by atoms with Crippen LogP contribution in [0.5, 0.6) is 0 Å². The molecule has 0 aliphatic heterocycles. The Morgan fingerprint density at radius 1 is 1.58 bits per heavy atom. The molecule has 19 heavy (non-hydrogen) atoms. The number of primary amides is 1. The van der Waals surface area contributed by atoms with Gasteiger partial charge in [-0.2, -0.15) is 0 Å². The smallest absolute Gasteiger partial charge is 0.248 e. The largest absolute Gasteiger partial charge is 0.377 e. The van der Waals surface area contributed by atoms with E-state index >= 15 is 0 Å². The van der Waals surface area contributed by atoms with E-state index < -0.39 is 5.91 Å². The molecule has 104 valence electrons. The van der Waals surface area contributed by atoms with Gasteiger partial charge in [0.05, 0.1) is 22.9 Å². The fourth-order valence-electron chi connectivity index (χ4n) is 2.19. The first-order chi connectivity index (χ1) is 9.02. The van der Waals surface area contributed by atoms with Gasteiger partial charge in [-0.25, -0.2) is 0 Å². The second-order valence-corrected chi connectivity index (χ2v) is 5.03. The summed E-state index contributed by atoms with van der Waals surface area (Å²) in [4.78, 5) is 11.0. The van der Waals surface area contributed by atoms with Crippen molar-refractivity contribution in [1.82, 2.24) is 0 Å². The summed E-state index contributed by atoms with van der Waals surface area (Å²) in [6.45, 7) is 2.61. The lowest BCUT2D eigenvalue weighted by Crippen LogP contribution is -2.60. The lowest BCUT2D eigenvalue weighted by atomic mass is 9.83. The molecule has 0 radical (unpaired) electrons. The molecule has 1 aliphatic carbocycles. The summed E-state index contributed by atoms with van der Waals surface area (Å²) in [7, 11) is 0. The monoisotopic (exact) mass is 283 g/mol. The molecule has 0 spiro atoms. The number of carbonyl (C=O) groups excluding carboxylic acids is 1. The molecule has 1 saturated carbocycles. The second-order valence-electron chi connectivity index (χ2n) is 4.62. The first-order valence-corrected chi connectivity index (χ1v) is 6.63. The number of nitrogens with two attached hydrogens (primary N) is 2. The van der Waals surface area contributed by atoms with Crippen molar-refractivity contribution in [3.05, 3.63) is 28.8 Å². The molecular formula is C13H18ClN3O2.